The van der Waals surface area contributed by atoms with Crippen LogP contribution in [0.15, 0.2) is 36.4 Å². The SMILES string of the molecule is CC1(C(=O)Nc2cc(C(F)(F)F)ccc2Oc2ccc3c(c2)OCO3)CC1(Cl)Cl. The second-order valence-corrected chi connectivity index (χ2v) is 8.48. The van der Waals surface area contributed by atoms with Gasteiger partial charge in [0.25, 0.3) is 0 Å². The van der Waals surface area contributed by atoms with Crippen LogP contribution in [0.25, 0.3) is 0 Å². The fraction of sp³-hybridized carbons (Fsp3) is 0.316. The van der Waals surface area contributed by atoms with Gasteiger partial charge in [0.15, 0.2) is 17.2 Å². The van der Waals surface area contributed by atoms with Gasteiger partial charge in [-0.15, -0.1) is 23.2 Å². The molecule has 1 atom stereocenters. The largest absolute Gasteiger partial charge is 0.455 e. The van der Waals surface area contributed by atoms with Crippen LogP contribution in [-0.2, 0) is 11.0 Å². The Morgan fingerprint density at radius 1 is 1.14 bits per heavy atom. The van der Waals surface area contributed by atoms with E-state index in [1.807, 2.05) is 0 Å². The third-order valence-corrected chi connectivity index (χ3v) is 5.99. The zero-order chi connectivity index (χ0) is 21.0. The van der Waals surface area contributed by atoms with Crippen LogP contribution in [-0.4, -0.2) is 17.0 Å². The number of nitrogens with one attached hydrogen (secondary N) is 1. The molecule has 0 aromatic heterocycles. The predicted molar refractivity (Wildman–Crippen MR) is 99.9 cm³/mol. The Kier molecular flexibility index (Phi) is 4.55. The average Bonchev–Trinajstić information content (AvgIpc) is 2.96. The molecule has 0 saturated heterocycles. The van der Waals surface area contributed by atoms with Crippen molar-refractivity contribution in [2.45, 2.75) is 23.9 Å². The number of hydrogen-bond acceptors (Lipinski definition) is 4. The molecule has 1 aliphatic heterocycles. The van der Waals surface area contributed by atoms with E-state index >= 15 is 0 Å². The Morgan fingerprint density at radius 2 is 1.83 bits per heavy atom. The van der Waals surface area contributed by atoms with Crippen LogP contribution < -0.4 is 19.5 Å². The lowest BCUT2D eigenvalue weighted by molar-refractivity contribution is -0.137. The van der Waals surface area contributed by atoms with Crippen LogP contribution in [0.5, 0.6) is 23.0 Å². The lowest BCUT2D eigenvalue weighted by Gasteiger charge is -2.18. The first kappa shape index (κ1) is 20.0. The first-order valence-corrected chi connectivity index (χ1v) is 9.23. The van der Waals surface area contributed by atoms with Crippen molar-refractivity contribution < 1.29 is 32.2 Å². The summed E-state index contributed by atoms with van der Waals surface area (Å²) in [6, 6.07) is 7.52. The molecule has 154 valence electrons. The lowest BCUT2D eigenvalue weighted by atomic mass is 10.1. The molecule has 1 unspecified atom stereocenters. The van der Waals surface area contributed by atoms with Gasteiger partial charge in [-0.25, -0.2) is 0 Å². The van der Waals surface area contributed by atoms with Gasteiger partial charge in [0.2, 0.25) is 12.7 Å². The molecule has 10 heteroatoms. The number of carbonyl (C=O) groups excluding carboxylic acids is 1. The van der Waals surface area contributed by atoms with Gasteiger partial charge in [0, 0.05) is 6.07 Å². The molecule has 4 rings (SSSR count). The van der Waals surface area contributed by atoms with Crippen molar-refractivity contribution in [1.82, 2.24) is 0 Å². The number of halogens is 5. The summed E-state index contributed by atoms with van der Waals surface area (Å²) in [6.45, 7) is 1.60. The molecule has 1 saturated carbocycles. The van der Waals surface area contributed by atoms with Crippen LogP contribution in [0.2, 0.25) is 0 Å². The molecule has 2 aromatic carbocycles. The first-order chi connectivity index (χ1) is 13.5. The third kappa shape index (κ3) is 3.67. The number of amides is 1. The lowest BCUT2D eigenvalue weighted by Crippen LogP contribution is -2.26. The highest BCUT2D eigenvalue weighted by Gasteiger charge is 2.68. The van der Waals surface area contributed by atoms with E-state index in [-0.39, 0.29) is 24.7 Å². The fourth-order valence-corrected chi connectivity index (χ4v) is 3.57. The molecule has 0 radical (unpaired) electrons. The number of fused-ring (bicyclic) bond motifs is 1. The smallest absolute Gasteiger partial charge is 0.416 e. The van der Waals surface area contributed by atoms with Crippen molar-refractivity contribution in [3.05, 3.63) is 42.0 Å². The number of benzene rings is 2. The van der Waals surface area contributed by atoms with Gasteiger partial charge in [-0.1, -0.05) is 0 Å². The molecule has 0 bridgehead atoms. The third-order valence-electron chi connectivity index (χ3n) is 4.89. The number of hydrogen-bond donors (Lipinski definition) is 1. The summed E-state index contributed by atoms with van der Waals surface area (Å²) in [5, 5.41) is 2.46. The molecule has 1 aliphatic carbocycles. The van der Waals surface area contributed by atoms with E-state index in [1.165, 1.54) is 13.0 Å². The Balaban J connectivity index is 1.65. The second-order valence-electron chi connectivity index (χ2n) is 6.99. The maximum absolute atomic E-state index is 13.2. The van der Waals surface area contributed by atoms with Gasteiger partial charge in [-0.05, 0) is 43.7 Å². The maximum atomic E-state index is 13.2. The van der Waals surface area contributed by atoms with Crippen molar-refractivity contribution in [3.63, 3.8) is 0 Å². The Hall–Kier alpha value is -2.32. The van der Waals surface area contributed by atoms with Gasteiger partial charge in [0.1, 0.15) is 10.1 Å². The zero-order valence-electron chi connectivity index (χ0n) is 14.9. The fourth-order valence-electron chi connectivity index (χ4n) is 2.87. The number of rotatable bonds is 4. The first-order valence-electron chi connectivity index (χ1n) is 8.48. The summed E-state index contributed by atoms with van der Waals surface area (Å²) in [6.07, 6.45) is -4.41. The summed E-state index contributed by atoms with van der Waals surface area (Å²) in [7, 11) is 0. The van der Waals surface area contributed by atoms with Crippen molar-refractivity contribution in [1.29, 1.82) is 0 Å². The van der Waals surface area contributed by atoms with E-state index in [9.17, 15) is 18.0 Å². The molecule has 2 aliphatic rings. The van der Waals surface area contributed by atoms with E-state index in [2.05, 4.69) is 5.32 Å². The van der Waals surface area contributed by atoms with Crippen LogP contribution in [0.4, 0.5) is 18.9 Å². The highest BCUT2D eigenvalue weighted by Crippen LogP contribution is 2.64. The highest BCUT2D eigenvalue weighted by molar-refractivity contribution is 6.53. The molecule has 5 nitrogen and oxygen atoms in total. The van der Waals surface area contributed by atoms with Gasteiger partial charge in [-0.3, -0.25) is 4.79 Å². The standard InChI is InChI=1S/C19H14Cl2F3NO4/c1-17(8-18(17,20)21)16(26)25-12-6-10(19(22,23)24)2-4-13(12)29-11-3-5-14-15(7-11)28-9-27-14/h2-7H,8-9H2,1H3,(H,25,26). The summed E-state index contributed by atoms with van der Waals surface area (Å²) in [4.78, 5) is 12.6. The number of ether oxygens (including phenoxy) is 3. The van der Waals surface area contributed by atoms with Gasteiger partial charge in [0.05, 0.1) is 16.7 Å². The van der Waals surface area contributed by atoms with E-state index in [0.717, 1.165) is 18.2 Å². The summed E-state index contributed by atoms with van der Waals surface area (Å²) in [5.41, 5.74) is -2.20. The Bertz CT molecular complexity index is 996. The zero-order valence-corrected chi connectivity index (χ0v) is 16.4. The molecular formula is C19H14Cl2F3NO4. The topological polar surface area (TPSA) is 56.8 Å². The number of anilines is 1. The van der Waals surface area contributed by atoms with E-state index < -0.39 is 27.4 Å². The Labute approximate surface area is 173 Å². The second kappa shape index (κ2) is 6.60. The average molecular weight is 448 g/mol. The highest BCUT2D eigenvalue weighted by atomic mass is 35.5. The predicted octanol–water partition coefficient (Wildman–Crippen LogP) is 5.75. The van der Waals surface area contributed by atoms with Crippen LogP contribution >= 0.6 is 23.2 Å². The van der Waals surface area contributed by atoms with E-state index in [0.29, 0.717) is 17.2 Å². The van der Waals surface area contributed by atoms with Crippen LogP contribution in [0.1, 0.15) is 18.9 Å². The molecular weight excluding hydrogens is 434 g/mol. The molecule has 1 fully saturated rings. The summed E-state index contributed by atoms with van der Waals surface area (Å²) >= 11 is 12.0. The minimum atomic E-state index is -4.59. The minimum Gasteiger partial charge on any atom is -0.455 e. The normalized spacial score (nSPS) is 21.6. The number of alkyl halides is 5. The minimum absolute atomic E-state index is 0.0178. The maximum Gasteiger partial charge on any atom is 0.416 e. The summed E-state index contributed by atoms with van der Waals surface area (Å²) in [5.74, 6) is 0.688. The van der Waals surface area contributed by atoms with Gasteiger partial charge >= 0.3 is 6.18 Å². The molecule has 29 heavy (non-hydrogen) atoms. The van der Waals surface area contributed by atoms with E-state index in [4.69, 9.17) is 37.4 Å². The molecule has 0 spiro atoms. The molecule has 1 heterocycles. The van der Waals surface area contributed by atoms with E-state index in [1.54, 1.807) is 12.1 Å². The van der Waals surface area contributed by atoms with Crippen LogP contribution in [0.3, 0.4) is 0 Å². The molecule has 2 aromatic rings. The molecule has 1 amide bonds. The van der Waals surface area contributed by atoms with Crippen molar-refractivity contribution in [3.8, 4) is 23.0 Å². The molecule has 1 N–H and O–H groups in total. The van der Waals surface area contributed by atoms with Crippen molar-refractivity contribution in [2.75, 3.05) is 12.1 Å². The van der Waals surface area contributed by atoms with Crippen molar-refractivity contribution in [2.24, 2.45) is 5.41 Å². The quantitative estimate of drug-likeness (QED) is 0.606. The Morgan fingerprint density at radius 3 is 2.48 bits per heavy atom. The number of carbonyl (C=O) groups is 1. The van der Waals surface area contributed by atoms with Gasteiger partial charge < -0.3 is 19.5 Å². The van der Waals surface area contributed by atoms with Crippen molar-refractivity contribution >= 4 is 34.8 Å². The van der Waals surface area contributed by atoms with Crippen LogP contribution in [0, 0.1) is 5.41 Å². The summed E-state index contributed by atoms with van der Waals surface area (Å²) < 4.78 is 54.4. The van der Waals surface area contributed by atoms with Gasteiger partial charge in [-0.2, -0.15) is 13.2 Å². The monoisotopic (exact) mass is 447 g/mol.